The first-order valence-corrected chi connectivity index (χ1v) is 10.6. The second-order valence-electron chi connectivity index (χ2n) is 8.10. The van der Waals surface area contributed by atoms with Gasteiger partial charge in [0, 0.05) is 12.6 Å². The summed E-state index contributed by atoms with van der Waals surface area (Å²) in [5.41, 5.74) is 3.26. The fourth-order valence-corrected chi connectivity index (χ4v) is 3.74. The minimum Gasteiger partial charge on any atom is -0.324 e. The molecule has 0 bridgehead atoms. The van der Waals surface area contributed by atoms with Crippen molar-refractivity contribution in [3.8, 4) is 17.5 Å². The molecule has 0 unspecified atom stereocenters. The minimum atomic E-state index is -0.407. The summed E-state index contributed by atoms with van der Waals surface area (Å²) in [6, 6.07) is 17.3. The largest absolute Gasteiger partial charge is 0.324 e. The topological polar surface area (TPSA) is 83.6 Å². The van der Waals surface area contributed by atoms with E-state index in [1.807, 2.05) is 30.7 Å². The second kappa shape index (κ2) is 8.72. The fraction of sp³-hybridized carbons (Fsp3) is 0.304. The van der Waals surface area contributed by atoms with Crippen molar-refractivity contribution in [2.45, 2.75) is 43.5 Å². The van der Waals surface area contributed by atoms with Gasteiger partial charge in [0.2, 0.25) is 5.91 Å². The summed E-state index contributed by atoms with van der Waals surface area (Å²) in [5.74, 6) is 0.558. The number of carbonyl (C=O) groups excluding carboxylic acids is 1. The van der Waals surface area contributed by atoms with Gasteiger partial charge in [-0.2, -0.15) is 5.26 Å². The van der Waals surface area contributed by atoms with Crippen molar-refractivity contribution < 1.29 is 4.79 Å². The Bertz CT molecular complexity index is 1090. The number of carbonyl (C=O) groups is 1. The van der Waals surface area contributed by atoms with E-state index in [1.165, 1.54) is 17.3 Å². The number of nitrogens with zero attached hydrogens (tertiary/aromatic N) is 4. The number of nitriles is 1. The highest BCUT2D eigenvalue weighted by atomic mass is 32.2. The number of benzene rings is 2. The molecular weight excluding hydrogens is 394 g/mol. The van der Waals surface area contributed by atoms with Crippen molar-refractivity contribution in [1.82, 2.24) is 14.8 Å². The first kappa shape index (κ1) is 21.6. The molecule has 30 heavy (non-hydrogen) atoms. The highest BCUT2D eigenvalue weighted by Gasteiger charge is 2.21. The van der Waals surface area contributed by atoms with E-state index >= 15 is 0 Å². The molecule has 3 aromatic rings. The smallest absolute Gasteiger partial charge is 0.237 e. The zero-order valence-electron chi connectivity index (χ0n) is 17.8. The molecule has 0 saturated carbocycles. The van der Waals surface area contributed by atoms with Gasteiger partial charge in [0.15, 0.2) is 11.0 Å². The van der Waals surface area contributed by atoms with E-state index in [0.29, 0.717) is 16.4 Å². The van der Waals surface area contributed by atoms with Crippen molar-refractivity contribution in [3.05, 3.63) is 59.7 Å². The van der Waals surface area contributed by atoms with E-state index in [4.69, 9.17) is 0 Å². The Balaban J connectivity index is 1.73. The van der Waals surface area contributed by atoms with Gasteiger partial charge in [-0.05, 0) is 30.0 Å². The lowest BCUT2D eigenvalue weighted by Gasteiger charge is -2.19. The average Bonchev–Trinajstić information content (AvgIpc) is 3.08. The van der Waals surface area contributed by atoms with Crippen LogP contribution >= 0.6 is 11.8 Å². The van der Waals surface area contributed by atoms with Gasteiger partial charge >= 0.3 is 0 Å². The molecule has 1 N–H and O–H groups in total. The molecule has 7 heteroatoms. The molecule has 0 saturated heterocycles. The Kier molecular flexibility index (Phi) is 6.28. The average molecular weight is 420 g/mol. The predicted molar refractivity (Wildman–Crippen MR) is 120 cm³/mol. The SMILES string of the molecule is C[C@H](Sc1nnc(-c2ccc(C(C)(C)C)cc2)n1C)C(=O)Nc1ccccc1C#N. The van der Waals surface area contributed by atoms with Gasteiger partial charge in [-0.3, -0.25) is 4.79 Å². The third kappa shape index (κ3) is 4.71. The monoisotopic (exact) mass is 419 g/mol. The Hall–Kier alpha value is -3.11. The molecule has 0 aliphatic heterocycles. The van der Waals surface area contributed by atoms with Crippen molar-refractivity contribution >= 4 is 23.4 Å². The van der Waals surface area contributed by atoms with Crippen molar-refractivity contribution in [1.29, 1.82) is 5.26 Å². The summed E-state index contributed by atoms with van der Waals surface area (Å²) >= 11 is 1.33. The summed E-state index contributed by atoms with van der Waals surface area (Å²) in [6.07, 6.45) is 0. The number of para-hydroxylation sites is 1. The van der Waals surface area contributed by atoms with E-state index in [0.717, 1.165) is 11.4 Å². The lowest BCUT2D eigenvalue weighted by atomic mass is 9.87. The maximum Gasteiger partial charge on any atom is 0.237 e. The third-order valence-corrected chi connectivity index (χ3v) is 5.93. The predicted octanol–water partition coefficient (Wildman–Crippen LogP) is 4.77. The standard InChI is InChI=1S/C23H25N5OS/c1-15(21(29)25-19-9-7-6-8-17(19)14-24)30-22-27-26-20(28(22)5)16-10-12-18(13-11-16)23(2,3)4/h6-13,15H,1-5H3,(H,25,29)/t15-/m0/s1. The molecule has 1 atom stereocenters. The maximum absolute atomic E-state index is 12.6. The van der Waals surface area contributed by atoms with Crippen LogP contribution in [0.25, 0.3) is 11.4 Å². The Morgan fingerprint density at radius 1 is 1.13 bits per heavy atom. The molecule has 2 aromatic carbocycles. The minimum absolute atomic E-state index is 0.0897. The molecule has 0 aliphatic rings. The lowest BCUT2D eigenvalue weighted by Crippen LogP contribution is -2.23. The number of hydrogen-bond acceptors (Lipinski definition) is 5. The number of amides is 1. The van der Waals surface area contributed by atoms with Gasteiger partial charge in [-0.25, -0.2) is 0 Å². The molecule has 3 rings (SSSR count). The van der Waals surface area contributed by atoms with Gasteiger partial charge in [-0.15, -0.1) is 10.2 Å². The van der Waals surface area contributed by atoms with Crippen molar-refractivity contribution in [3.63, 3.8) is 0 Å². The lowest BCUT2D eigenvalue weighted by molar-refractivity contribution is -0.115. The summed E-state index contributed by atoms with van der Waals surface area (Å²) in [5, 5.41) is 20.8. The molecule has 0 fully saturated rings. The van der Waals surface area contributed by atoms with Crippen molar-refractivity contribution in [2.75, 3.05) is 5.32 Å². The van der Waals surface area contributed by atoms with Gasteiger partial charge in [0.05, 0.1) is 16.5 Å². The first-order chi connectivity index (χ1) is 14.2. The van der Waals surface area contributed by atoms with Crippen LogP contribution in [0.15, 0.2) is 53.7 Å². The van der Waals surface area contributed by atoms with Crippen LogP contribution in [0.5, 0.6) is 0 Å². The van der Waals surface area contributed by atoms with Crippen LogP contribution in [-0.2, 0) is 17.3 Å². The van der Waals surface area contributed by atoms with Gasteiger partial charge < -0.3 is 9.88 Å². The first-order valence-electron chi connectivity index (χ1n) is 9.67. The molecule has 0 aliphatic carbocycles. The van der Waals surface area contributed by atoms with Crippen LogP contribution in [0.4, 0.5) is 5.69 Å². The van der Waals surface area contributed by atoms with E-state index in [-0.39, 0.29) is 11.3 Å². The quantitative estimate of drug-likeness (QED) is 0.602. The number of thioether (sulfide) groups is 1. The van der Waals surface area contributed by atoms with Crippen LogP contribution in [0.2, 0.25) is 0 Å². The van der Waals surface area contributed by atoms with Crippen LogP contribution in [0.1, 0.15) is 38.8 Å². The number of aromatic nitrogens is 3. The highest BCUT2D eigenvalue weighted by Crippen LogP contribution is 2.28. The summed E-state index contributed by atoms with van der Waals surface area (Å²) in [6.45, 7) is 8.35. The third-order valence-electron chi connectivity index (χ3n) is 4.80. The van der Waals surface area contributed by atoms with E-state index in [1.54, 1.807) is 24.3 Å². The normalized spacial score (nSPS) is 12.3. The molecule has 154 valence electrons. The maximum atomic E-state index is 12.6. The van der Waals surface area contributed by atoms with Crippen LogP contribution in [0, 0.1) is 11.3 Å². The number of rotatable bonds is 5. The number of nitrogens with one attached hydrogen (secondary N) is 1. The van der Waals surface area contributed by atoms with Crippen LogP contribution in [-0.4, -0.2) is 25.9 Å². The van der Waals surface area contributed by atoms with Crippen LogP contribution < -0.4 is 5.32 Å². The second-order valence-corrected chi connectivity index (χ2v) is 9.41. The summed E-state index contributed by atoms with van der Waals surface area (Å²) in [4.78, 5) is 12.6. The van der Waals surface area contributed by atoms with Gasteiger partial charge in [0.1, 0.15) is 6.07 Å². The Morgan fingerprint density at radius 2 is 1.80 bits per heavy atom. The summed E-state index contributed by atoms with van der Waals surface area (Å²) in [7, 11) is 1.89. The zero-order chi connectivity index (χ0) is 21.9. The summed E-state index contributed by atoms with van der Waals surface area (Å²) < 4.78 is 1.89. The van der Waals surface area contributed by atoms with Crippen LogP contribution in [0.3, 0.4) is 0 Å². The van der Waals surface area contributed by atoms with Gasteiger partial charge in [-0.1, -0.05) is 68.9 Å². The van der Waals surface area contributed by atoms with Crippen molar-refractivity contribution in [2.24, 2.45) is 7.05 Å². The van der Waals surface area contributed by atoms with E-state index < -0.39 is 5.25 Å². The fourth-order valence-electron chi connectivity index (χ4n) is 2.92. The molecule has 1 amide bonds. The Labute approximate surface area is 181 Å². The highest BCUT2D eigenvalue weighted by molar-refractivity contribution is 8.00. The molecular formula is C23H25N5OS. The number of anilines is 1. The van der Waals surface area contributed by atoms with E-state index in [2.05, 4.69) is 54.5 Å². The molecule has 6 nitrogen and oxygen atoms in total. The molecule has 0 spiro atoms. The molecule has 1 heterocycles. The molecule has 1 aromatic heterocycles. The number of hydrogen-bond donors (Lipinski definition) is 1. The van der Waals surface area contributed by atoms with E-state index in [9.17, 15) is 10.1 Å². The Morgan fingerprint density at radius 3 is 2.43 bits per heavy atom. The molecule has 0 radical (unpaired) electrons. The van der Waals surface area contributed by atoms with Gasteiger partial charge in [0.25, 0.3) is 0 Å². The zero-order valence-corrected chi connectivity index (χ0v) is 18.6.